The Labute approximate surface area is 236 Å². The first-order valence-corrected chi connectivity index (χ1v) is 14.5. The first-order chi connectivity index (χ1) is 19.3. The van der Waals surface area contributed by atoms with Crippen LogP contribution in [0.2, 0.25) is 0 Å². The Balaban J connectivity index is 1.32. The van der Waals surface area contributed by atoms with Crippen LogP contribution in [0.3, 0.4) is 0 Å². The molecule has 3 aromatic rings. The maximum atomic E-state index is 13.0. The van der Waals surface area contributed by atoms with Crippen molar-refractivity contribution in [1.29, 1.82) is 0 Å². The second kappa shape index (κ2) is 12.2. The van der Waals surface area contributed by atoms with Gasteiger partial charge in [-0.25, -0.2) is 4.79 Å². The topological polar surface area (TPSA) is 103 Å². The highest BCUT2D eigenvalue weighted by molar-refractivity contribution is 5.93. The summed E-state index contributed by atoms with van der Waals surface area (Å²) >= 11 is 0. The number of rotatable bonds is 9. The van der Waals surface area contributed by atoms with Gasteiger partial charge in [0.25, 0.3) is 0 Å². The van der Waals surface area contributed by atoms with Crippen molar-refractivity contribution in [3.05, 3.63) is 72.4 Å². The average molecular weight is 541 g/mol. The van der Waals surface area contributed by atoms with Crippen LogP contribution in [0.15, 0.2) is 66.9 Å². The second-order valence-corrected chi connectivity index (χ2v) is 11.7. The molecule has 2 amide bonds. The third kappa shape index (κ3) is 6.53. The summed E-state index contributed by atoms with van der Waals surface area (Å²) in [6, 6.07) is 21.1. The fraction of sp³-hybridized carbons (Fsp3) is 0.424. The second-order valence-electron chi connectivity index (χ2n) is 11.7. The Hall–Kier alpha value is -3.71. The lowest BCUT2D eigenvalue weighted by atomic mass is 9.71. The highest BCUT2D eigenvalue weighted by Gasteiger charge is 2.40. The number of amides is 2. The Morgan fingerprint density at radius 2 is 1.68 bits per heavy atom. The van der Waals surface area contributed by atoms with Gasteiger partial charge in [0.15, 0.2) is 0 Å². The minimum Gasteiger partial charge on any atom is -0.465 e. The van der Waals surface area contributed by atoms with Gasteiger partial charge in [-0.2, -0.15) is 0 Å². The smallest absolute Gasteiger partial charge is 0.405 e. The van der Waals surface area contributed by atoms with Crippen LogP contribution in [0.25, 0.3) is 22.4 Å². The highest BCUT2D eigenvalue weighted by Crippen LogP contribution is 2.42. The maximum absolute atomic E-state index is 13.0. The summed E-state index contributed by atoms with van der Waals surface area (Å²) < 4.78 is 0. The van der Waals surface area contributed by atoms with E-state index in [0.29, 0.717) is 30.1 Å². The van der Waals surface area contributed by atoms with E-state index in [-0.39, 0.29) is 5.91 Å². The van der Waals surface area contributed by atoms with Crippen LogP contribution in [-0.2, 0) is 10.3 Å². The zero-order valence-corrected chi connectivity index (χ0v) is 23.5. The molecule has 2 aromatic carbocycles. The number of hydrogen-bond donors (Lipinski definition) is 4. The summed E-state index contributed by atoms with van der Waals surface area (Å²) in [5, 5.41) is 18.8. The summed E-state index contributed by atoms with van der Waals surface area (Å²) in [7, 11) is 0. The number of aromatic nitrogens is 1. The van der Waals surface area contributed by atoms with E-state index in [9.17, 15) is 14.7 Å². The van der Waals surface area contributed by atoms with E-state index >= 15 is 0 Å². The number of carboxylic acid groups (broad SMARTS) is 1. The molecule has 1 aromatic heterocycles. The Morgan fingerprint density at radius 1 is 0.975 bits per heavy atom. The molecular weight excluding hydrogens is 500 g/mol. The lowest BCUT2D eigenvalue weighted by molar-refractivity contribution is -0.117. The zero-order valence-electron chi connectivity index (χ0n) is 23.5. The predicted octanol–water partition coefficient (Wildman–Crippen LogP) is 6.95. The number of nitrogens with one attached hydrogen (secondary N) is 3. The summed E-state index contributed by atoms with van der Waals surface area (Å²) in [4.78, 5) is 29.2. The molecule has 2 aliphatic rings. The predicted molar refractivity (Wildman–Crippen MR) is 159 cm³/mol. The molecule has 0 saturated heterocycles. The molecule has 1 heterocycles. The van der Waals surface area contributed by atoms with Crippen LogP contribution in [-0.4, -0.2) is 34.2 Å². The van der Waals surface area contributed by atoms with E-state index in [1.807, 2.05) is 60.7 Å². The Kier molecular flexibility index (Phi) is 8.50. The van der Waals surface area contributed by atoms with Gasteiger partial charge in [0, 0.05) is 29.6 Å². The third-order valence-electron chi connectivity index (χ3n) is 8.41. The minimum absolute atomic E-state index is 0.0370. The molecule has 7 nitrogen and oxygen atoms in total. The molecule has 210 valence electrons. The van der Waals surface area contributed by atoms with E-state index < -0.39 is 11.6 Å². The zero-order chi connectivity index (χ0) is 28.1. The molecule has 0 unspecified atom stereocenters. The van der Waals surface area contributed by atoms with Crippen molar-refractivity contribution in [1.82, 2.24) is 15.6 Å². The molecule has 0 atom stereocenters. The van der Waals surface area contributed by atoms with E-state index in [2.05, 4.69) is 29.8 Å². The molecule has 0 aliphatic heterocycles. The molecule has 0 radical (unpaired) electrons. The van der Waals surface area contributed by atoms with Gasteiger partial charge in [-0.3, -0.25) is 9.78 Å². The van der Waals surface area contributed by atoms with Gasteiger partial charge in [-0.1, -0.05) is 68.4 Å². The number of hydrogen-bond acceptors (Lipinski definition) is 4. The number of carbonyl (C=O) groups excluding carboxylic acids is 1. The van der Waals surface area contributed by atoms with E-state index in [1.165, 1.54) is 0 Å². The van der Waals surface area contributed by atoms with Gasteiger partial charge in [-0.15, -0.1) is 0 Å². The average Bonchev–Trinajstić information content (AvgIpc) is 2.92. The number of nitrogens with zero attached hydrogens (tertiary/aromatic N) is 1. The first kappa shape index (κ1) is 27.8. The minimum atomic E-state index is -0.995. The normalized spacial score (nSPS) is 20.0. The van der Waals surface area contributed by atoms with Gasteiger partial charge in [-0.05, 0) is 68.1 Å². The SMILES string of the molecule is CC(C)NC1CCC(CC(=O)Nc2cnc(-c3ccc(C4(NC(=O)O)CCC4)cc3)c(-c3ccccc3)c2)CC1. The Bertz CT molecular complexity index is 1310. The fourth-order valence-corrected chi connectivity index (χ4v) is 6.25. The van der Waals surface area contributed by atoms with Crippen molar-refractivity contribution in [2.24, 2.45) is 5.92 Å². The maximum Gasteiger partial charge on any atom is 0.405 e. The highest BCUT2D eigenvalue weighted by atomic mass is 16.4. The monoisotopic (exact) mass is 540 g/mol. The molecule has 2 fully saturated rings. The van der Waals surface area contributed by atoms with Crippen LogP contribution in [0.1, 0.15) is 70.8 Å². The number of pyridine rings is 1. The third-order valence-corrected chi connectivity index (χ3v) is 8.41. The van der Waals surface area contributed by atoms with E-state index in [0.717, 1.165) is 72.9 Å². The standard InChI is InChI=1S/C33H40N4O3/c1-22(2)35-27-15-9-23(10-16-27)19-30(38)36-28-20-29(24-7-4-3-5-8-24)31(34-21-28)25-11-13-26(14-12-25)33(17-6-18-33)37-32(39)40/h3-5,7-8,11-14,20-23,27,35,37H,6,9-10,15-19H2,1-2H3,(H,36,38)(H,39,40). The largest absolute Gasteiger partial charge is 0.465 e. The summed E-state index contributed by atoms with van der Waals surface area (Å²) in [6.45, 7) is 4.36. The first-order valence-electron chi connectivity index (χ1n) is 14.5. The van der Waals surface area contributed by atoms with Crippen molar-refractivity contribution in [3.8, 4) is 22.4 Å². The van der Waals surface area contributed by atoms with Gasteiger partial charge in [0.1, 0.15) is 0 Å². The number of benzene rings is 2. The van der Waals surface area contributed by atoms with Crippen molar-refractivity contribution >= 4 is 17.7 Å². The van der Waals surface area contributed by atoms with Crippen LogP contribution < -0.4 is 16.0 Å². The lowest BCUT2D eigenvalue weighted by Gasteiger charge is -2.42. The molecular formula is C33H40N4O3. The molecule has 4 N–H and O–H groups in total. The molecule has 0 spiro atoms. The molecule has 7 heteroatoms. The summed E-state index contributed by atoms with van der Waals surface area (Å²) in [5.74, 6) is 0.453. The molecule has 40 heavy (non-hydrogen) atoms. The van der Waals surface area contributed by atoms with Gasteiger partial charge in [0.2, 0.25) is 5.91 Å². The number of anilines is 1. The van der Waals surface area contributed by atoms with Crippen molar-refractivity contribution in [2.75, 3.05) is 5.32 Å². The summed E-state index contributed by atoms with van der Waals surface area (Å²) in [5.41, 5.74) is 4.89. The molecule has 2 aliphatic carbocycles. The number of carbonyl (C=O) groups is 2. The molecule has 2 saturated carbocycles. The molecule has 0 bridgehead atoms. The van der Waals surface area contributed by atoms with Crippen molar-refractivity contribution in [3.63, 3.8) is 0 Å². The van der Waals surface area contributed by atoms with Crippen molar-refractivity contribution in [2.45, 2.75) is 82.8 Å². The van der Waals surface area contributed by atoms with Crippen molar-refractivity contribution < 1.29 is 14.7 Å². The van der Waals surface area contributed by atoms with Gasteiger partial charge >= 0.3 is 6.09 Å². The van der Waals surface area contributed by atoms with Crippen LogP contribution in [0.4, 0.5) is 10.5 Å². The Morgan fingerprint density at radius 3 is 2.27 bits per heavy atom. The fourth-order valence-electron chi connectivity index (χ4n) is 6.25. The summed E-state index contributed by atoms with van der Waals surface area (Å²) in [6.07, 6.45) is 8.27. The van der Waals surface area contributed by atoms with Crippen LogP contribution in [0, 0.1) is 5.92 Å². The van der Waals surface area contributed by atoms with Gasteiger partial charge < -0.3 is 21.1 Å². The lowest BCUT2D eigenvalue weighted by Crippen LogP contribution is -2.50. The quantitative estimate of drug-likeness (QED) is 0.235. The van der Waals surface area contributed by atoms with Crippen LogP contribution in [0.5, 0.6) is 0 Å². The van der Waals surface area contributed by atoms with Crippen LogP contribution >= 0.6 is 0 Å². The van der Waals surface area contributed by atoms with E-state index in [4.69, 9.17) is 4.98 Å². The molecule has 5 rings (SSSR count). The van der Waals surface area contributed by atoms with Gasteiger partial charge in [0.05, 0.1) is 23.1 Å². The van der Waals surface area contributed by atoms with E-state index in [1.54, 1.807) is 6.20 Å².